The van der Waals surface area contributed by atoms with Crippen LogP contribution >= 0.6 is 23.8 Å². The number of rotatable bonds is 5. The summed E-state index contributed by atoms with van der Waals surface area (Å²) in [6.45, 7) is 6.73. The van der Waals surface area contributed by atoms with E-state index in [4.69, 9.17) is 28.6 Å². The number of esters is 1. The molecule has 2 aromatic carbocycles. The van der Waals surface area contributed by atoms with E-state index in [2.05, 4.69) is 27.2 Å². The molecule has 0 bridgehead atoms. The lowest BCUT2D eigenvalue weighted by Crippen LogP contribution is -2.49. The molecule has 148 valence electrons. The molecule has 1 N–H and O–H groups in total. The van der Waals surface area contributed by atoms with Crippen molar-refractivity contribution in [1.82, 2.24) is 9.80 Å². The Morgan fingerprint density at radius 1 is 1.07 bits per heavy atom. The van der Waals surface area contributed by atoms with Gasteiger partial charge < -0.3 is 15.0 Å². The van der Waals surface area contributed by atoms with Gasteiger partial charge in [-0.15, -0.1) is 0 Å². The molecule has 0 atom stereocenters. The van der Waals surface area contributed by atoms with Gasteiger partial charge in [0, 0.05) is 43.4 Å². The van der Waals surface area contributed by atoms with Crippen molar-refractivity contribution >= 4 is 40.6 Å². The number of halogens is 1. The van der Waals surface area contributed by atoms with Gasteiger partial charge in [0.25, 0.3) is 0 Å². The molecular weight excluding hydrogens is 394 g/mol. The van der Waals surface area contributed by atoms with E-state index in [0.29, 0.717) is 17.3 Å². The quantitative estimate of drug-likeness (QED) is 0.585. The molecule has 3 rings (SSSR count). The topological polar surface area (TPSA) is 44.8 Å². The summed E-state index contributed by atoms with van der Waals surface area (Å²) in [5, 5.41) is 4.72. The number of benzene rings is 2. The Balaban J connectivity index is 1.47. The van der Waals surface area contributed by atoms with Gasteiger partial charge in [0.15, 0.2) is 5.11 Å². The molecule has 1 aliphatic rings. The lowest BCUT2D eigenvalue weighted by Gasteiger charge is -2.36. The van der Waals surface area contributed by atoms with Gasteiger partial charge in [-0.25, -0.2) is 4.79 Å². The maximum atomic E-state index is 11.7. The zero-order valence-corrected chi connectivity index (χ0v) is 17.4. The van der Waals surface area contributed by atoms with Crippen LogP contribution in [0, 0.1) is 0 Å². The molecule has 0 aromatic heterocycles. The fraction of sp³-hybridized carbons (Fsp3) is 0.333. The summed E-state index contributed by atoms with van der Waals surface area (Å²) in [4.78, 5) is 16.3. The molecule has 1 aliphatic heterocycles. The predicted octanol–water partition coefficient (Wildman–Crippen LogP) is 4.03. The smallest absolute Gasteiger partial charge is 0.338 e. The third kappa shape index (κ3) is 5.67. The molecular formula is C21H24ClN3O2S. The first-order chi connectivity index (χ1) is 13.5. The number of ether oxygens (including phenoxy) is 1. The standard InChI is InChI=1S/C21H24ClN3O2S/c1-2-27-20(26)17-5-9-19(10-6-17)23-21(28)25-13-11-24(12-14-25)15-16-3-7-18(22)8-4-16/h3-10H,2,11-15H2,1H3,(H,23,28). The Labute approximate surface area is 176 Å². The van der Waals surface area contributed by atoms with E-state index in [1.54, 1.807) is 19.1 Å². The first kappa shape index (κ1) is 20.6. The molecule has 0 spiro atoms. The van der Waals surface area contributed by atoms with Crippen molar-refractivity contribution in [2.24, 2.45) is 0 Å². The van der Waals surface area contributed by atoms with Crippen LogP contribution in [0.4, 0.5) is 5.69 Å². The van der Waals surface area contributed by atoms with Crippen molar-refractivity contribution in [3.63, 3.8) is 0 Å². The molecule has 0 saturated carbocycles. The van der Waals surface area contributed by atoms with Crippen LogP contribution < -0.4 is 5.32 Å². The maximum Gasteiger partial charge on any atom is 0.338 e. The Morgan fingerprint density at radius 2 is 1.71 bits per heavy atom. The minimum absolute atomic E-state index is 0.312. The Bertz CT molecular complexity index is 803. The third-order valence-corrected chi connectivity index (χ3v) is 5.24. The van der Waals surface area contributed by atoms with E-state index in [1.807, 2.05) is 24.3 Å². The van der Waals surface area contributed by atoms with Gasteiger partial charge in [0.1, 0.15) is 0 Å². The van der Waals surface area contributed by atoms with E-state index < -0.39 is 0 Å². The summed E-state index contributed by atoms with van der Waals surface area (Å²) in [5.74, 6) is -0.312. The molecule has 0 unspecified atom stereocenters. The summed E-state index contributed by atoms with van der Waals surface area (Å²) in [6.07, 6.45) is 0. The van der Waals surface area contributed by atoms with Crippen LogP contribution in [0.3, 0.4) is 0 Å². The van der Waals surface area contributed by atoms with Gasteiger partial charge in [-0.2, -0.15) is 0 Å². The first-order valence-corrected chi connectivity index (χ1v) is 10.1. The number of carbonyl (C=O) groups is 1. The van der Waals surface area contributed by atoms with E-state index in [1.165, 1.54) is 5.56 Å². The SMILES string of the molecule is CCOC(=O)c1ccc(NC(=S)N2CCN(Cc3ccc(Cl)cc3)CC2)cc1. The normalized spacial score (nSPS) is 14.6. The van der Waals surface area contributed by atoms with Crippen LogP contribution in [-0.2, 0) is 11.3 Å². The molecule has 5 nitrogen and oxygen atoms in total. The first-order valence-electron chi connectivity index (χ1n) is 9.35. The lowest BCUT2D eigenvalue weighted by atomic mass is 10.2. The van der Waals surface area contributed by atoms with Gasteiger partial charge in [-0.3, -0.25) is 4.90 Å². The van der Waals surface area contributed by atoms with Crippen LogP contribution in [0.5, 0.6) is 0 Å². The molecule has 1 fully saturated rings. The number of anilines is 1. The maximum absolute atomic E-state index is 11.7. The number of hydrogen-bond acceptors (Lipinski definition) is 4. The number of nitrogens with one attached hydrogen (secondary N) is 1. The average Bonchev–Trinajstić information content (AvgIpc) is 2.71. The highest BCUT2D eigenvalue weighted by molar-refractivity contribution is 7.80. The molecule has 1 saturated heterocycles. The summed E-state index contributed by atoms with van der Waals surface area (Å²) in [6, 6.07) is 15.2. The minimum Gasteiger partial charge on any atom is -0.462 e. The van der Waals surface area contributed by atoms with E-state index in [9.17, 15) is 4.79 Å². The summed E-state index contributed by atoms with van der Waals surface area (Å²) < 4.78 is 5.00. The summed E-state index contributed by atoms with van der Waals surface area (Å²) in [5.41, 5.74) is 2.66. The second-order valence-corrected chi connectivity index (χ2v) is 7.44. The number of piperazine rings is 1. The van der Waals surface area contributed by atoms with Crippen molar-refractivity contribution in [2.45, 2.75) is 13.5 Å². The average molecular weight is 418 g/mol. The van der Waals surface area contributed by atoms with Crippen molar-refractivity contribution < 1.29 is 9.53 Å². The van der Waals surface area contributed by atoms with E-state index >= 15 is 0 Å². The monoisotopic (exact) mass is 417 g/mol. The van der Waals surface area contributed by atoms with Crippen LogP contribution in [0.2, 0.25) is 5.02 Å². The van der Waals surface area contributed by atoms with Gasteiger partial charge >= 0.3 is 5.97 Å². The number of thiocarbonyl (C=S) groups is 1. The van der Waals surface area contributed by atoms with E-state index in [-0.39, 0.29) is 5.97 Å². The Hall–Kier alpha value is -2.15. The number of carbonyl (C=O) groups excluding carboxylic acids is 1. The largest absolute Gasteiger partial charge is 0.462 e. The fourth-order valence-electron chi connectivity index (χ4n) is 3.06. The highest BCUT2D eigenvalue weighted by Crippen LogP contribution is 2.15. The summed E-state index contributed by atoms with van der Waals surface area (Å²) in [7, 11) is 0. The van der Waals surface area contributed by atoms with Crippen LogP contribution in [0.15, 0.2) is 48.5 Å². The minimum atomic E-state index is -0.312. The van der Waals surface area contributed by atoms with Crippen molar-refractivity contribution in [3.8, 4) is 0 Å². The van der Waals surface area contributed by atoms with Crippen LogP contribution in [0.1, 0.15) is 22.8 Å². The molecule has 1 heterocycles. The van der Waals surface area contributed by atoms with Gasteiger partial charge in [-0.05, 0) is 61.1 Å². The van der Waals surface area contributed by atoms with Crippen molar-refractivity contribution in [1.29, 1.82) is 0 Å². The van der Waals surface area contributed by atoms with Crippen LogP contribution in [0.25, 0.3) is 0 Å². The van der Waals surface area contributed by atoms with Crippen LogP contribution in [-0.4, -0.2) is 53.7 Å². The third-order valence-electron chi connectivity index (χ3n) is 4.63. The zero-order chi connectivity index (χ0) is 19.9. The van der Waals surface area contributed by atoms with Crippen molar-refractivity contribution in [3.05, 3.63) is 64.7 Å². The molecule has 0 radical (unpaired) electrons. The van der Waals surface area contributed by atoms with E-state index in [0.717, 1.165) is 43.4 Å². The second kappa shape index (κ2) is 9.87. The zero-order valence-electron chi connectivity index (χ0n) is 15.9. The molecule has 7 heteroatoms. The molecule has 0 amide bonds. The van der Waals surface area contributed by atoms with Gasteiger partial charge in [-0.1, -0.05) is 23.7 Å². The second-order valence-electron chi connectivity index (χ2n) is 6.62. The Morgan fingerprint density at radius 3 is 2.32 bits per heavy atom. The van der Waals surface area contributed by atoms with Crippen molar-refractivity contribution in [2.75, 3.05) is 38.1 Å². The van der Waals surface area contributed by atoms with Gasteiger partial charge in [0.2, 0.25) is 0 Å². The Kier molecular flexibility index (Phi) is 7.25. The highest BCUT2D eigenvalue weighted by Gasteiger charge is 2.19. The molecule has 0 aliphatic carbocycles. The van der Waals surface area contributed by atoms with Gasteiger partial charge in [0.05, 0.1) is 12.2 Å². The molecule has 28 heavy (non-hydrogen) atoms. The lowest BCUT2D eigenvalue weighted by molar-refractivity contribution is 0.0526. The summed E-state index contributed by atoms with van der Waals surface area (Å²) >= 11 is 11.5. The number of hydrogen-bond donors (Lipinski definition) is 1. The molecule has 2 aromatic rings. The highest BCUT2D eigenvalue weighted by atomic mass is 35.5. The number of nitrogens with zero attached hydrogens (tertiary/aromatic N) is 2. The predicted molar refractivity (Wildman–Crippen MR) is 117 cm³/mol. The fourth-order valence-corrected chi connectivity index (χ4v) is 3.49.